The maximum Gasteiger partial charge on any atom is 0.508 e. The molecule has 1 aromatic rings. The van der Waals surface area contributed by atoms with Crippen molar-refractivity contribution in [1.29, 1.82) is 0 Å². The number of ether oxygens (including phenoxy) is 2. The number of methoxy groups -OCH3 is 1. The van der Waals surface area contributed by atoms with Gasteiger partial charge in [0, 0.05) is 0 Å². The zero-order valence-electron chi connectivity index (χ0n) is 9.74. The first kappa shape index (κ1) is 16.0. The van der Waals surface area contributed by atoms with E-state index in [4.69, 9.17) is 4.74 Å². The summed E-state index contributed by atoms with van der Waals surface area (Å²) in [7, 11) is 1.29. The van der Waals surface area contributed by atoms with Crippen LogP contribution in [-0.4, -0.2) is 21.5 Å². The predicted molar refractivity (Wildman–Crippen MR) is 81.6 cm³/mol. The monoisotopic (exact) mass is 442 g/mol. The number of hydrogen-bond acceptors (Lipinski definition) is 3. The molecule has 0 amide bonds. The Hall–Kier alpha value is -0.0700. The molecule has 6 heteroatoms. The maximum atomic E-state index is 11.2. The SMILES string of the molecule is COC(=O)OC(CCc1ccccc1)C(Br)(Br)Br. The quantitative estimate of drug-likeness (QED) is 0.502. The van der Waals surface area contributed by atoms with Crippen LogP contribution in [0.4, 0.5) is 4.79 Å². The molecule has 1 aromatic carbocycles. The lowest BCUT2D eigenvalue weighted by Crippen LogP contribution is -2.30. The third-order valence-corrected chi connectivity index (χ3v) is 3.84. The van der Waals surface area contributed by atoms with E-state index < -0.39 is 14.4 Å². The topological polar surface area (TPSA) is 35.5 Å². The van der Waals surface area contributed by atoms with Gasteiger partial charge in [0.25, 0.3) is 0 Å². The first-order chi connectivity index (χ1) is 8.43. The molecule has 100 valence electrons. The number of rotatable bonds is 4. The molecule has 0 spiro atoms. The van der Waals surface area contributed by atoms with Gasteiger partial charge >= 0.3 is 6.16 Å². The minimum atomic E-state index is -0.698. The van der Waals surface area contributed by atoms with Crippen molar-refractivity contribution in [3.63, 3.8) is 0 Å². The van der Waals surface area contributed by atoms with E-state index >= 15 is 0 Å². The Kier molecular flexibility index (Phi) is 6.66. The fraction of sp³-hybridized carbons (Fsp3) is 0.417. The smallest absolute Gasteiger partial charge is 0.438 e. The molecule has 0 N–H and O–H groups in total. The minimum absolute atomic E-state index is 0.398. The molecular weight excluding hydrogens is 432 g/mol. The fourth-order valence-corrected chi connectivity index (χ4v) is 2.36. The van der Waals surface area contributed by atoms with Gasteiger partial charge in [0.2, 0.25) is 0 Å². The van der Waals surface area contributed by atoms with E-state index in [1.165, 1.54) is 12.7 Å². The van der Waals surface area contributed by atoms with Crippen molar-refractivity contribution in [3.05, 3.63) is 35.9 Å². The van der Waals surface area contributed by atoms with Crippen LogP contribution in [0, 0.1) is 0 Å². The lowest BCUT2D eigenvalue weighted by molar-refractivity contribution is 0.0388. The molecule has 0 saturated heterocycles. The largest absolute Gasteiger partial charge is 0.508 e. The molecule has 0 radical (unpaired) electrons. The molecule has 1 rings (SSSR count). The molecular formula is C12H13Br3O3. The van der Waals surface area contributed by atoms with Gasteiger partial charge in [-0.2, -0.15) is 0 Å². The Labute approximate surface area is 132 Å². The number of alkyl halides is 3. The molecule has 0 aliphatic heterocycles. The van der Waals surface area contributed by atoms with Crippen LogP contribution in [0.15, 0.2) is 30.3 Å². The standard InChI is InChI=1S/C12H13Br3O3/c1-17-11(16)18-10(12(13,14)15)8-7-9-5-3-2-4-6-9/h2-6,10H,7-8H2,1H3. The van der Waals surface area contributed by atoms with Crippen molar-refractivity contribution >= 4 is 53.9 Å². The van der Waals surface area contributed by atoms with Crippen molar-refractivity contribution in [1.82, 2.24) is 0 Å². The summed E-state index contributed by atoms with van der Waals surface area (Å²) in [6.45, 7) is 0. The van der Waals surface area contributed by atoms with E-state index in [0.29, 0.717) is 6.42 Å². The number of benzene rings is 1. The zero-order valence-corrected chi connectivity index (χ0v) is 14.5. The third-order valence-electron chi connectivity index (χ3n) is 2.31. The van der Waals surface area contributed by atoms with E-state index in [2.05, 4.69) is 52.5 Å². The summed E-state index contributed by atoms with van der Waals surface area (Å²) in [5.74, 6) is 0. The van der Waals surface area contributed by atoms with Crippen LogP contribution >= 0.6 is 47.8 Å². The minimum Gasteiger partial charge on any atom is -0.438 e. The molecule has 0 bridgehead atoms. The summed E-state index contributed by atoms with van der Waals surface area (Å²) in [5, 5.41) is 0. The Morgan fingerprint density at radius 1 is 1.28 bits per heavy atom. The second-order valence-electron chi connectivity index (χ2n) is 3.63. The molecule has 3 nitrogen and oxygen atoms in total. The van der Waals surface area contributed by atoms with Gasteiger partial charge in [-0.1, -0.05) is 78.1 Å². The van der Waals surface area contributed by atoms with Crippen molar-refractivity contribution in [2.45, 2.75) is 21.1 Å². The van der Waals surface area contributed by atoms with Crippen LogP contribution in [0.25, 0.3) is 0 Å². The summed E-state index contributed by atoms with van der Waals surface area (Å²) in [6.07, 6.45) is 0.356. The Morgan fingerprint density at radius 3 is 2.39 bits per heavy atom. The van der Waals surface area contributed by atoms with Crippen LogP contribution < -0.4 is 0 Å². The highest BCUT2D eigenvalue weighted by atomic mass is 80.0. The number of carbonyl (C=O) groups is 1. The molecule has 0 aliphatic rings. The van der Waals surface area contributed by atoms with Gasteiger partial charge in [0.1, 0.15) is 6.10 Å². The molecule has 0 fully saturated rings. The van der Waals surface area contributed by atoms with Gasteiger partial charge in [-0.05, 0) is 18.4 Å². The van der Waals surface area contributed by atoms with Gasteiger partial charge in [-0.3, -0.25) is 0 Å². The van der Waals surface area contributed by atoms with Gasteiger partial charge in [0.05, 0.1) is 7.11 Å². The average molecular weight is 445 g/mol. The van der Waals surface area contributed by atoms with E-state index in [1.807, 2.05) is 30.3 Å². The Balaban J connectivity index is 2.59. The van der Waals surface area contributed by atoms with Gasteiger partial charge in [-0.25, -0.2) is 4.79 Å². The van der Waals surface area contributed by atoms with Crippen LogP contribution in [0.3, 0.4) is 0 Å². The van der Waals surface area contributed by atoms with Crippen molar-refractivity contribution in [2.75, 3.05) is 7.11 Å². The summed E-state index contributed by atoms with van der Waals surface area (Å²) < 4.78 is 9.03. The number of aryl methyl sites for hydroxylation is 1. The lowest BCUT2D eigenvalue weighted by atomic mass is 10.1. The molecule has 0 heterocycles. The molecule has 0 aromatic heterocycles. The molecule has 0 aliphatic carbocycles. The highest BCUT2D eigenvalue weighted by Crippen LogP contribution is 2.40. The highest BCUT2D eigenvalue weighted by molar-refractivity contribution is 9.39. The summed E-state index contributed by atoms with van der Waals surface area (Å²) in [5.41, 5.74) is 1.19. The van der Waals surface area contributed by atoms with Crippen LogP contribution in [0.2, 0.25) is 0 Å². The van der Waals surface area contributed by atoms with Crippen molar-refractivity contribution in [2.24, 2.45) is 0 Å². The Morgan fingerprint density at radius 2 is 1.89 bits per heavy atom. The molecule has 1 atom stereocenters. The van der Waals surface area contributed by atoms with E-state index in [9.17, 15) is 4.79 Å². The fourth-order valence-electron chi connectivity index (χ4n) is 1.40. The first-order valence-electron chi connectivity index (χ1n) is 5.28. The number of carbonyl (C=O) groups excluding carboxylic acids is 1. The van der Waals surface area contributed by atoms with E-state index in [-0.39, 0.29) is 0 Å². The summed E-state index contributed by atoms with van der Waals surface area (Å²) in [4.78, 5) is 11.2. The van der Waals surface area contributed by atoms with Crippen LogP contribution in [-0.2, 0) is 15.9 Å². The van der Waals surface area contributed by atoms with Crippen molar-refractivity contribution < 1.29 is 14.3 Å². The summed E-state index contributed by atoms with van der Waals surface area (Å²) >= 11 is 10.1. The van der Waals surface area contributed by atoms with E-state index in [1.54, 1.807) is 0 Å². The lowest BCUT2D eigenvalue weighted by Gasteiger charge is -2.24. The molecule has 18 heavy (non-hydrogen) atoms. The first-order valence-corrected chi connectivity index (χ1v) is 7.66. The zero-order chi connectivity index (χ0) is 13.6. The summed E-state index contributed by atoms with van der Waals surface area (Å²) in [6, 6.07) is 10.0. The van der Waals surface area contributed by atoms with Crippen molar-refractivity contribution in [3.8, 4) is 0 Å². The van der Waals surface area contributed by atoms with Gasteiger partial charge < -0.3 is 9.47 Å². The van der Waals surface area contributed by atoms with Gasteiger partial charge in [0.15, 0.2) is 2.14 Å². The third kappa shape index (κ3) is 5.71. The highest BCUT2D eigenvalue weighted by Gasteiger charge is 2.34. The molecule has 1 unspecified atom stereocenters. The number of halogens is 3. The predicted octanol–water partition coefficient (Wildman–Crippen LogP) is 4.61. The van der Waals surface area contributed by atoms with Crippen LogP contribution in [0.5, 0.6) is 0 Å². The number of hydrogen-bond donors (Lipinski definition) is 0. The maximum absolute atomic E-state index is 11.2. The van der Waals surface area contributed by atoms with E-state index in [0.717, 1.165) is 6.42 Å². The second kappa shape index (κ2) is 7.50. The normalized spacial score (nSPS) is 12.9. The average Bonchev–Trinajstić information content (AvgIpc) is 2.34. The van der Waals surface area contributed by atoms with Gasteiger partial charge in [-0.15, -0.1) is 0 Å². The van der Waals surface area contributed by atoms with Crippen LogP contribution in [0.1, 0.15) is 12.0 Å². The second-order valence-corrected chi connectivity index (χ2v) is 10.6. The Bertz CT molecular complexity index is 376. The molecule has 0 saturated carbocycles.